The molecule has 1 aliphatic rings. The van der Waals surface area contributed by atoms with Crippen LogP contribution in [-0.4, -0.2) is 42.0 Å². The fourth-order valence-electron chi connectivity index (χ4n) is 1.55. The van der Waals surface area contributed by atoms with Crippen LogP contribution in [-0.2, 0) is 0 Å². The van der Waals surface area contributed by atoms with Gasteiger partial charge in [-0.1, -0.05) is 0 Å². The number of rotatable bonds is 1. The quantitative estimate of drug-likeness (QED) is 0.378. The van der Waals surface area contributed by atoms with Gasteiger partial charge in [-0.25, -0.2) is 0 Å². The van der Waals surface area contributed by atoms with E-state index in [1.54, 1.807) is 0 Å². The summed E-state index contributed by atoms with van der Waals surface area (Å²) in [6.45, 7) is -0.0252. The Bertz CT molecular complexity index is 120. The Labute approximate surface area is 61.1 Å². The van der Waals surface area contributed by atoms with Crippen LogP contribution >= 0.6 is 0 Å². The lowest BCUT2D eigenvalue weighted by molar-refractivity contribution is 0.00707. The van der Waals surface area contributed by atoms with Crippen LogP contribution in [0.15, 0.2) is 0 Å². The SMILES string of the molecule is BC1CC(CO)C(O)C1O. The highest BCUT2D eigenvalue weighted by Crippen LogP contribution is 2.33. The van der Waals surface area contributed by atoms with Gasteiger partial charge in [0.25, 0.3) is 0 Å². The molecule has 0 spiro atoms. The minimum absolute atomic E-state index is 0.0252. The van der Waals surface area contributed by atoms with E-state index in [0.29, 0.717) is 0 Å². The third-order valence-corrected chi connectivity index (χ3v) is 2.32. The minimum atomic E-state index is -0.722. The molecule has 4 heteroatoms. The molecule has 0 heterocycles. The van der Waals surface area contributed by atoms with Gasteiger partial charge in [-0.15, -0.1) is 0 Å². The predicted octanol–water partition coefficient (Wildman–Crippen LogP) is -1.86. The molecular weight excluding hydrogens is 131 g/mol. The predicted molar refractivity (Wildman–Crippen MR) is 39.5 cm³/mol. The molecule has 1 aliphatic carbocycles. The van der Waals surface area contributed by atoms with Crippen LogP contribution in [0.5, 0.6) is 0 Å². The van der Waals surface area contributed by atoms with Crippen LogP contribution in [0.4, 0.5) is 0 Å². The monoisotopic (exact) mass is 144 g/mol. The Balaban J connectivity index is 2.53. The second-order valence-corrected chi connectivity index (χ2v) is 3.14. The maximum absolute atomic E-state index is 9.22. The van der Waals surface area contributed by atoms with Gasteiger partial charge in [0.2, 0.25) is 0 Å². The topological polar surface area (TPSA) is 60.7 Å². The molecule has 0 aromatic rings. The number of hydrogen-bond donors (Lipinski definition) is 3. The molecule has 0 aliphatic heterocycles. The zero-order chi connectivity index (χ0) is 7.72. The van der Waals surface area contributed by atoms with Crippen molar-refractivity contribution in [3.63, 3.8) is 0 Å². The fourth-order valence-corrected chi connectivity index (χ4v) is 1.55. The van der Waals surface area contributed by atoms with Gasteiger partial charge in [0, 0.05) is 12.5 Å². The van der Waals surface area contributed by atoms with Gasteiger partial charge in [0.1, 0.15) is 7.85 Å². The van der Waals surface area contributed by atoms with Crippen molar-refractivity contribution in [2.45, 2.75) is 24.4 Å². The number of aliphatic hydroxyl groups excluding tert-OH is 3. The highest BCUT2D eigenvalue weighted by atomic mass is 16.3. The van der Waals surface area contributed by atoms with Crippen molar-refractivity contribution in [3.05, 3.63) is 0 Å². The first-order valence-electron chi connectivity index (χ1n) is 3.63. The molecule has 0 aromatic heterocycles. The highest BCUT2D eigenvalue weighted by Gasteiger charge is 2.37. The van der Waals surface area contributed by atoms with Gasteiger partial charge in [0.15, 0.2) is 0 Å². The van der Waals surface area contributed by atoms with E-state index in [9.17, 15) is 10.2 Å². The van der Waals surface area contributed by atoms with Gasteiger partial charge >= 0.3 is 0 Å². The molecule has 1 fully saturated rings. The van der Waals surface area contributed by atoms with Crippen LogP contribution in [0.3, 0.4) is 0 Å². The molecule has 4 atom stereocenters. The van der Waals surface area contributed by atoms with Crippen molar-refractivity contribution in [3.8, 4) is 0 Å². The Morgan fingerprint density at radius 2 is 1.90 bits per heavy atom. The van der Waals surface area contributed by atoms with Crippen molar-refractivity contribution < 1.29 is 15.3 Å². The summed E-state index contributed by atoms with van der Waals surface area (Å²) in [6, 6.07) is 0. The third kappa shape index (κ3) is 1.19. The van der Waals surface area contributed by atoms with E-state index >= 15 is 0 Å². The van der Waals surface area contributed by atoms with Crippen molar-refractivity contribution in [2.24, 2.45) is 5.92 Å². The molecule has 1 saturated carbocycles. The second kappa shape index (κ2) is 2.90. The van der Waals surface area contributed by atoms with Gasteiger partial charge in [-0.05, 0) is 12.2 Å². The standard InChI is InChI=1S/C6H13BO3/c7-4-1-3(2-8)5(9)6(4)10/h3-6,8-10H,1-2,7H2. The number of hydrogen-bond acceptors (Lipinski definition) is 3. The smallest absolute Gasteiger partial charge is 0.108 e. The largest absolute Gasteiger partial charge is 0.396 e. The molecule has 58 valence electrons. The van der Waals surface area contributed by atoms with E-state index in [2.05, 4.69) is 0 Å². The summed E-state index contributed by atoms with van der Waals surface area (Å²) in [6.07, 6.45) is -0.643. The van der Waals surface area contributed by atoms with Gasteiger partial charge in [-0.2, -0.15) is 0 Å². The van der Waals surface area contributed by atoms with Crippen molar-refractivity contribution >= 4 is 7.85 Å². The summed E-state index contributed by atoms with van der Waals surface area (Å²) in [7, 11) is 1.88. The first-order chi connectivity index (χ1) is 4.66. The average Bonchev–Trinajstić information content (AvgIpc) is 2.17. The van der Waals surface area contributed by atoms with E-state index in [-0.39, 0.29) is 18.3 Å². The zero-order valence-electron chi connectivity index (χ0n) is 6.07. The summed E-state index contributed by atoms with van der Waals surface area (Å²) in [5.74, 6) is -0.00264. The number of aliphatic hydroxyl groups is 3. The Morgan fingerprint density at radius 3 is 2.10 bits per heavy atom. The van der Waals surface area contributed by atoms with Crippen LogP contribution in [0.2, 0.25) is 5.82 Å². The molecule has 3 nitrogen and oxygen atoms in total. The maximum atomic E-state index is 9.22. The minimum Gasteiger partial charge on any atom is -0.396 e. The normalized spacial score (nSPS) is 47.9. The Morgan fingerprint density at radius 1 is 1.30 bits per heavy atom. The molecule has 0 radical (unpaired) electrons. The zero-order valence-corrected chi connectivity index (χ0v) is 6.07. The van der Waals surface area contributed by atoms with E-state index in [4.69, 9.17) is 5.11 Å². The molecule has 0 saturated heterocycles. The fraction of sp³-hybridized carbons (Fsp3) is 1.00. The second-order valence-electron chi connectivity index (χ2n) is 3.14. The summed E-state index contributed by atoms with van der Waals surface area (Å²) >= 11 is 0. The lowest BCUT2D eigenvalue weighted by Gasteiger charge is -2.13. The maximum Gasteiger partial charge on any atom is 0.108 e. The highest BCUT2D eigenvalue weighted by molar-refractivity contribution is 6.12. The van der Waals surface area contributed by atoms with Crippen LogP contribution in [0, 0.1) is 5.92 Å². The van der Waals surface area contributed by atoms with Gasteiger partial charge in [-0.3, -0.25) is 0 Å². The Hall–Kier alpha value is -0.0551. The van der Waals surface area contributed by atoms with E-state index in [0.717, 1.165) is 6.42 Å². The van der Waals surface area contributed by atoms with Crippen molar-refractivity contribution in [2.75, 3.05) is 6.61 Å². The van der Waals surface area contributed by atoms with Crippen molar-refractivity contribution in [1.82, 2.24) is 0 Å². The molecule has 0 amide bonds. The molecule has 10 heavy (non-hydrogen) atoms. The van der Waals surface area contributed by atoms with Crippen LogP contribution in [0.25, 0.3) is 0 Å². The summed E-state index contributed by atoms with van der Waals surface area (Å²) in [5.41, 5.74) is 0. The summed E-state index contributed by atoms with van der Waals surface area (Å²) < 4.78 is 0. The lowest BCUT2D eigenvalue weighted by Crippen LogP contribution is -2.28. The van der Waals surface area contributed by atoms with Gasteiger partial charge < -0.3 is 15.3 Å². The Kier molecular flexibility index (Phi) is 2.34. The first kappa shape index (κ1) is 8.05. The first-order valence-corrected chi connectivity index (χ1v) is 3.63. The molecular formula is C6H13BO3. The molecule has 3 N–H and O–H groups in total. The molecule has 0 bridgehead atoms. The lowest BCUT2D eigenvalue weighted by atomic mass is 9.84. The summed E-state index contributed by atoms with van der Waals surface area (Å²) in [4.78, 5) is 0. The third-order valence-electron chi connectivity index (χ3n) is 2.32. The van der Waals surface area contributed by atoms with E-state index in [1.807, 2.05) is 7.85 Å². The van der Waals surface area contributed by atoms with Crippen molar-refractivity contribution in [1.29, 1.82) is 0 Å². The van der Waals surface area contributed by atoms with Crippen LogP contribution in [0.1, 0.15) is 6.42 Å². The molecule has 4 unspecified atom stereocenters. The van der Waals surface area contributed by atoms with Gasteiger partial charge in [0.05, 0.1) is 12.2 Å². The average molecular weight is 144 g/mol. The molecule has 1 rings (SSSR count). The molecule has 0 aromatic carbocycles. The van der Waals surface area contributed by atoms with E-state index in [1.165, 1.54) is 0 Å². The van der Waals surface area contributed by atoms with E-state index < -0.39 is 12.2 Å². The van der Waals surface area contributed by atoms with Crippen LogP contribution < -0.4 is 0 Å². The summed E-state index contributed by atoms with van der Waals surface area (Å²) in [5, 5.41) is 27.1.